The van der Waals surface area contributed by atoms with Crippen molar-refractivity contribution in [3.63, 3.8) is 0 Å². The minimum absolute atomic E-state index is 0.215. The van der Waals surface area contributed by atoms with Crippen molar-refractivity contribution >= 4 is 22.5 Å². The molecule has 0 atom stereocenters. The second-order valence-corrected chi connectivity index (χ2v) is 6.36. The molecule has 1 amide bonds. The Hall–Kier alpha value is -3.54. The third kappa shape index (κ3) is 3.29. The van der Waals surface area contributed by atoms with Gasteiger partial charge in [0, 0.05) is 29.9 Å². The summed E-state index contributed by atoms with van der Waals surface area (Å²) in [6, 6.07) is 15.6. The molecule has 0 aliphatic heterocycles. The molecule has 0 radical (unpaired) electrons. The van der Waals surface area contributed by atoms with E-state index in [2.05, 4.69) is 15.4 Å². The van der Waals surface area contributed by atoms with Gasteiger partial charge in [-0.05, 0) is 55.0 Å². The first-order chi connectivity index (χ1) is 13.0. The summed E-state index contributed by atoms with van der Waals surface area (Å²) in [4.78, 5) is 16.9. The molecule has 6 heteroatoms. The number of amides is 1. The number of nitrogens with zero attached hydrogens (tertiary/aromatic N) is 3. The first-order valence-electron chi connectivity index (χ1n) is 8.48. The Balaban J connectivity index is 1.63. The zero-order valence-corrected chi connectivity index (χ0v) is 14.9. The van der Waals surface area contributed by atoms with E-state index in [1.54, 1.807) is 25.4 Å². The number of carbonyl (C=O) groups excluding carboxylic acids is 1. The van der Waals surface area contributed by atoms with Gasteiger partial charge in [-0.2, -0.15) is 5.10 Å². The average molecular weight is 360 g/mol. The topological polar surface area (TPSA) is 59.8 Å². The summed E-state index contributed by atoms with van der Waals surface area (Å²) in [6.45, 7) is 1.96. The summed E-state index contributed by atoms with van der Waals surface area (Å²) in [5, 5.41) is 7.64. The Kier molecular flexibility index (Phi) is 4.16. The number of hydrogen-bond donors (Lipinski definition) is 1. The highest BCUT2D eigenvalue weighted by Gasteiger charge is 2.12. The molecule has 134 valence electrons. The largest absolute Gasteiger partial charge is 0.321 e. The van der Waals surface area contributed by atoms with Gasteiger partial charge in [0.1, 0.15) is 11.5 Å². The number of benzene rings is 2. The molecule has 0 spiro atoms. The van der Waals surface area contributed by atoms with Crippen LogP contribution in [0.2, 0.25) is 0 Å². The van der Waals surface area contributed by atoms with Crippen molar-refractivity contribution in [2.75, 3.05) is 5.32 Å². The van der Waals surface area contributed by atoms with Gasteiger partial charge in [0.25, 0.3) is 5.91 Å². The maximum absolute atomic E-state index is 13.3. The summed E-state index contributed by atoms with van der Waals surface area (Å²) in [7, 11) is 1.72. The molecule has 27 heavy (non-hydrogen) atoms. The van der Waals surface area contributed by atoms with E-state index in [1.165, 1.54) is 16.8 Å². The number of aryl methyl sites for hydroxylation is 2. The van der Waals surface area contributed by atoms with Crippen molar-refractivity contribution < 1.29 is 9.18 Å². The smallest absolute Gasteiger partial charge is 0.273 e. The Morgan fingerprint density at radius 2 is 1.93 bits per heavy atom. The molecule has 0 saturated carbocycles. The van der Waals surface area contributed by atoms with E-state index >= 15 is 0 Å². The van der Waals surface area contributed by atoms with E-state index in [0.717, 1.165) is 27.7 Å². The van der Waals surface area contributed by atoms with E-state index in [4.69, 9.17) is 0 Å². The van der Waals surface area contributed by atoms with Crippen LogP contribution >= 0.6 is 0 Å². The van der Waals surface area contributed by atoms with E-state index in [1.807, 2.05) is 37.3 Å². The van der Waals surface area contributed by atoms with Crippen LogP contribution in [0.25, 0.3) is 22.2 Å². The molecule has 2 aromatic heterocycles. The van der Waals surface area contributed by atoms with Crippen molar-refractivity contribution in [2.24, 2.45) is 7.05 Å². The van der Waals surface area contributed by atoms with Gasteiger partial charge in [-0.15, -0.1) is 0 Å². The van der Waals surface area contributed by atoms with E-state index in [0.29, 0.717) is 11.4 Å². The molecule has 0 saturated heterocycles. The van der Waals surface area contributed by atoms with Gasteiger partial charge in [-0.25, -0.2) is 9.37 Å². The molecule has 0 bridgehead atoms. The fourth-order valence-corrected chi connectivity index (χ4v) is 3.07. The van der Waals surface area contributed by atoms with Crippen LogP contribution in [0, 0.1) is 12.7 Å². The number of halogens is 1. The minimum Gasteiger partial charge on any atom is -0.321 e. The van der Waals surface area contributed by atoms with Gasteiger partial charge in [0.2, 0.25) is 0 Å². The van der Waals surface area contributed by atoms with Crippen LogP contribution in [0.1, 0.15) is 16.1 Å². The van der Waals surface area contributed by atoms with Gasteiger partial charge in [0.15, 0.2) is 0 Å². The summed E-state index contributed by atoms with van der Waals surface area (Å²) in [6.07, 6.45) is 1.58. The van der Waals surface area contributed by atoms with Gasteiger partial charge in [0.05, 0.1) is 11.2 Å². The minimum atomic E-state index is -0.276. The molecule has 4 rings (SSSR count). The predicted octanol–water partition coefficient (Wildman–Crippen LogP) is 4.34. The predicted molar refractivity (Wildman–Crippen MR) is 103 cm³/mol. The number of fused-ring (bicyclic) bond motifs is 1. The molecule has 2 aromatic carbocycles. The van der Waals surface area contributed by atoms with E-state index in [9.17, 15) is 9.18 Å². The van der Waals surface area contributed by atoms with Crippen molar-refractivity contribution in [3.8, 4) is 11.3 Å². The van der Waals surface area contributed by atoms with Crippen LogP contribution in [0.5, 0.6) is 0 Å². The second kappa shape index (κ2) is 6.64. The maximum atomic E-state index is 13.3. The van der Waals surface area contributed by atoms with Crippen LogP contribution in [0.3, 0.4) is 0 Å². The summed E-state index contributed by atoms with van der Waals surface area (Å²) in [5.74, 6) is -0.491. The van der Waals surface area contributed by atoms with Crippen LogP contribution in [0.15, 0.2) is 60.8 Å². The highest BCUT2D eigenvalue weighted by atomic mass is 19.1. The maximum Gasteiger partial charge on any atom is 0.273 e. The third-order valence-corrected chi connectivity index (χ3v) is 4.47. The summed E-state index contributed by atoms with van der Waals surface area (Å²) >= 11 is 0. The monoisotopic (exact) mass is 360 g/mol. The first-order valence-corrected chi connectivity index (χ1v) is 8.48. The molecular weight excluding hydrogens is 343 g/mol. The van der Waals surface area contributed by atoms with Gasteiger partial charge < -0.3 is 5.32 Å². The number of nitrogens with one attached hydrogen (secondary N) is 1. The Bertz CT molecular complexity index is 1170. The number of carbonyl (C=O) groups is 1. The van der Waals surface area contributed by atoms with Crippen molar-refractivity contribution in [2.45, 2.75) is 6.92 Å². The Morgan fingerprint density at radius 3 is 2.67 bits per heavy atom. The van der Waals surface area contributed by atoms with Crippen LogP contribution < -0.4 is 5.32 Å². The number of rotatable bonds is 3. The lowest BCUT2D eigenvalue weighted by atomic mass is 10.0. The molecule has 0 unspecified atom stereocenters. The second-order valence-electron chi connectivity index (χ2n) is 6.36. The van der Waals surface area contributed by atoms with Gasteiger partial charge in [-0.3, -0.25) is 9.48 Å². The quantitative estimate of drug-likeness (QED) is 0.591. The van der Waals surface area contributed by atoms with E-state index in [-0.39, 0.29) is 11.7 Å². The Morgan fingerprint density at radius 1 is 1.07 bits per heavy atom. The standard InChI is InChI=1S/C21H17FN4O/c1-13-11-16(24-21(27)20-9-10-23-26(20)2)5-6-17(13)19-7-3-14-12-15(22)4-8-18(14)25-19/h3-12H,1-2H3,(H,24,27). The van der Waals surface area contributed by atoms with Crippen molar-refractivity contribution in [1.82, 2.24) is 14.8 Å². The fourth-order valence-electron chi connectivity index (χ4n) is 3.07. The number of pyridine rings is 1. The molecule has 0 fully saturated rings. The van der Waals surface area contributed by atoms with Crippen LogP contribution in [-0.4, -0.2) is 20.7 Å². The van der Waals surface area contributed by atoms with Crippen molar-refractivity contribution in [3.05, 3.63) is 77.9 Å². The highest BCUT2D eigenvalue weighted by Crippen LogP contribution is 2.27. The summed E-state index contributed by atoms with van der Waals surface area (Å²) in [5.41, 5.74) is 4.66. The lowest BCUT2D eigenvalue weighted by Gasteiger charge is -2.10. The van der Waals surface area contributed by atoms with Gasteiger partial charge in [-0.1, -0.05) is 12.1 Å². The number of hydrogen-bond acceptors (Lipinski definition) is 3. The zero-order chi connectivity index (χ0) is 19.0. The highest BCUT2D eigenvalue weighted by molar-refractivity contribution is 6.03. The Labute approximate surface area is 155 Å². The molecule has 2 heterocycles. The lowest BCUT2D eigenvalue weighted by Crippen LogP contribution is -2.16. The molecule has 4 aromatic rings. The third-order valence-electron chi connectivity index (χ3n) is 4.47. The van der Waals surface area contributed by atoms with Crippen LogP contribution in [-0.2, 0) is 7.05 Å². The SMILES string of the molecule is Cc1cc(NC(=O)c2ccnn2C)ccc1-c1ccc2cc(F)ccc2n1. The molecule has 0 aliphatic carbocycles. The molecule has 5 nitrogen and oxygen atoms in total. The molecule has 1 N–H and O–H groups in total. The fraction of sp³-hybridized carbons (Fsp3) is 0.0952. The molecular formula is C21H17FN4O. The normalized spacial score (nSPS) is 10.9. The summed E-state index contributed by atoms with van der Waals surface area (Å²) < 4.78 is 14.9. The average Bonchev–Trinajstić information content (AvgIpc) is 3.07. The zero-order valence-electron chi connectivity index (χ0n) is 14.9. The first kappa shape index (κ1) is 16.9. The number of aromatic nitrogens is 3. The van der Waals surface area contributed by atoms with Crippen LogP contribution in [0.4, 0.5) is 10.1 Å². The van der Waals surface area contributed by atoms with Crippen molar-refractivity contribution in [1.29, 1.82) is 0 Å². The molecule has 0 aliphatic rings. The van der Waals surface area contributed by atoms with E-state index < -0.39 is 0 Å². The number of anilines is 1. The lowest BCUT2D eigenvalue weighted by molar-refractivity contribution is 0.101. The van der Waals surface area contributed by atoms with Gasteiger partial charge >= 0.3 is 0 Å².